The Morgan fingerprint density at radius 2 is 1.95 bits per heavy atom. The molecule has 0 fully saturated rings. The molecule has 20 heavy (non-hydrogen) atoms. The minimum absolute atomic E-state index is 0.173. The molecule has 0 atom stereocenters. The van der Waals surface area contributed by atoms with Crippen molar-refractivity contribution in [2.75, 3.05) is 0 Å². The van der Waals surface area contributed by atoms with Crippen LogP contribution in [0.15, 0.2) is 46.0 Å². The summed E-state index contributed by atoms with van der Waals surface area (Å²) in [6, 6.07) is 5.02. The lowest BCUT2D eigenvalue weighted by molar-refractivity contribution is 0.570. The maximum Gasteiger partial charge on any atom is 0.242 e. The van der Waals surface area contributed by atoms with Crippen molar-refractivity contribution in [1.29, 1.82) is 0 Å². The van der Waals surface area contributed by atoms with Crippen molar-refractivity contribution in [3.05, 3.63) is 58.3 Å². The monoisotopic (exact) mass is 362 g/mol. The van der Waals surface area contributed by atoms with Gasteiger partial charge in [-0.1, -0.05) is 15.9 Å². The highest BCUT2D eigenvalue weighted by Gasteiger charge is 2.16. The molecule has 1 aromatic heterocycles. The van der Waals surface area contributed by atoms with Gasteiger partial charge in [-0.3, -0.25) is 4.98 Å². The summed E-state index contributed by atoms with van der Waals surface area (Å²) in [6.07, 6.45) is 1.91. The molecule has 2 aromatic rings. The van der Waals surface area contributed by atoms with Crippen LogP contribution >= 0.6 is 15.9 Å². The summed E-state index contributed by atoms with van der Waals surface area (Å²) < 4.78 is 53.1. The van der Waals surface area contributed by atoms with E-state index in [9.17, 15) is 17.2 Å². The second-order valence-electron chi connectivity index (χ2n) is 3.90. The highest BCUT2D eigenvalue weighted by Crippen LogP contribution is 2.16. The van der Waals surface area contributed by atoms with Gasteiger partial charge in [0.2, 0.25) is 10.0 Å². The highest BCUT2D eigenvalue weighted by molar-refractivity contribution is 9.10. The number of sulfonamides is 1. The largest absolute Gasteiger partial charge is 0.260 e. The Labute approximate surface area is 123 Å². The normalized spacial score (nSPS) is 11.6. The molecule has 0 unspecified atom stereocenters. The van der Waals surface area contributed by atoms with Crippen molar-refractivity contribution in [2.24, 2.45) is 0 Å². The maximum absolute atomic E-state index is 13.5. The van der Waals surface area contributed by atoms with E-state index in [0.29, 0.717) is 4.47 Å². The first-order valence-corrected chi connectivity index (χ1v) is 7.70. The minimum atomic E-state index is -3.95. The van der Waals surface area contributed by atoms with Crippen LogP contribution < -0.4 is 4.72 Å². The van der Waals surface area contributed by atoms with Gasteiger partial charge in [-0.15, -0.1) is 0 Å². The fourth-order valence-electron chi connectivity index (χ4n) is 1.47. The first-order chi connectivity index (χ1) is 9.38. The molecular formula is C12H9BrF2N2O2S. The van der Waals surface area contributed by atoms with Gasteiger partial charge < -0.3 is 0 Å². The summed E-state index contributed by atoms with van der Waals surface area (Å²) in [7, 11) is -3.95. The zero-order valence-electron chi connectivity index (χ0n) is 9.98. The van der Waals surface area contributed by atoms with Gasteiger partial charge in [0.15, 0.2) is 0 Å². The average Bonchev–Trinajstić information content (AvgIpc) is 2.40. The van der Waals surface area contributed by atoms with Crippen LogP contribution in [0.2, 0.25) is 0 Å². The third kappa shape index (κ3) is 3.59. The number of aromatic nitrogens is 1. The van der Waals surface area contributed by atoms with Crippen molar-refractivity contribution < 1.29 is 17.2 Å². The van der Waals surface area contributed by atoms with Crippen molar-refractivity contribution in [3.63, 3.8) is 0 Å². The molecule has 0 radical (unpaired) electrons. The van der Waals surface area contributed by atoms with Gasteiger partial charge in [0, 0.05) is 22.8 Å². The van der Waals surface area contributed by atoms with E-state index in [1.165, 1.54) is 18.2 Å². The topological polar surface area (TPSA) is 59.1 Å². The number of pyridine rings is 1. The van der Waals surface area contributed by atoms with Crippen LogP contribution in [0.5, 0.6) is 0 Å². The predicted octanol–water partition coefficient (Wildman–Crippen LogP) is 2.60. The number of benzene rings is 1. The van der Waals surface area contributed by atoms with E-state index in [1.54, 1.807) is 0 Å². The van der Waals surface area contributed by atoms with Crippen molar-refractivity contribution in [2.45, 2.75) is 11.4 Å². The molecule has 4 nitrogen and oxygen atoms in total. The van der Waals surface area contributed by atoms with E-state index in [0.717, 1.165) is 18.5 Å². The van der Waals surface area contributed by atoms with E-state index in [1.807, 2.05) is 0 Å². The zero-order valence-corrected chi connectivity index (χ0v) is 12.4. The van der Waals surface area contributed by atoms with Gasteiger partial charge in [-0.2, -0.15) is 0 Å². The van der Waals surface area contributed by atoms with Crippen LogP contribution in [0.25, 0.3) is 0 Å². The Balaban J connectivity index is 2.19. The standard InChI is InChI=1S/C12H9BrF2N2O2S/c13-9-1-2-12(15)8(3-9)5-17-20(18,19)11-4-10(14)6-16-7-11/h1-4,6-7,17H,5H2. The highest BCUT2D eigenvalue weighted by atomic mass is 79.9. The van der Waals surface area contributed by atoms with Gasteiger partial charge >= 0.3 is 0 Å². The number of nitrogens with zero attached hydrogens (tertiary/aromatic N) is 1. The Kier molecular flexibility index (Phi) is 4.46. The molecule has 0 aliphatic heterocycles. The molecule has 1 heterocycles. The summed E-state index contributed by atoms with van der Waals surface area (Å²) in [6.45, 7) is -0.246. The van der Waals surface area contributed by atoms with Crippen LogP contribution in [-0.2, 0) is 16.6 Å². The second kappa shape index (κ2) is 5.94. The number of nitrogens with one attached hydrogen (secondary N) is 1. The van der Waals surface area contributed by atoms with E-state index >= 15 is 0 Å². The van der Waals surface area contributed by atoms with E-state index in [4.69, 9.17) is 0 Å². The summed E-state index contributed by atoms with van der Waals surface area (Å²) in [5, 5.41) is 0. The smallest absolute Gasteiger partial charge is 0.242 e. The lowest BCUT2D eigenvalue weighted by atomic mass is 10.2. The number of rotatable bonds is 4. The predicted molar refractivity (Wildman–Crippen MR) is 72.3 cm³/mol. The van der Waals surface area contributed by atoms with Gasteiger partial charge in [-0.05, 0) is 24.3 Å². The summed E-state index contributed by atoms with van der Waals surface area (Å²) >= 11 is 3.17. The van der Waals surface area contributed by atoms with E-state index in [-0.39, 0.29) is 17.0 Å². The average molecular weight is 363 g/mol. The second-order valence-corrected chi connectivity index (χ2v) is 6.58. The van der Waals surface area contributed by atoms with Crippen molar-refractivity contribution >= 4 is 26.0 Å². The quantitative estimate of drug-likeness (QED) is 0.909. The van der Waals surface area contributed by atoms with Crippen LogP contribution in [0, 0.1) is 11.6 Å². The fourth-order valence-corrected chi connectivity index (χ4v) is 2.86. The number of hydrogen-bond donors (Lipinski definition) is 1. The minimum Gasteiger partial charge on any atom is -0.260 e. The Bertz CT molecular complexity index is 738. The first kappa shape index (κ1) is 15.0. The molecule has 0 saturated heterocycles. The first-order valence-electron chi connectivity index (χ1n) is 5.42. The maximum atomic E-state index is 13.5. The number of hydrogen-bond acceptors (Lipinski definition) is 3. The van der Waals surface area contributed by atoms with Crippen LogP contribution in [-0.4, -0.2) is 13.4 Å². The zero-order chi connectivity index (χ0) is 14.8. The Morgan fingerprint density at radius 1 is 1.20 bits per heavy atom. The van der Waals surface area contributed by atoms with Crippen LogP contribution in [0.3, 0.4) is 0 Å². The molecule has 0 aliphatic carbocycles. The molecule has 106 valence electrons. The molecular weight excluding hydrogens is 354 g/mol. The third-order valence-electron chi connectivity index (χ3n) is 2.45. The van der Waals surface area contributed by atoms with Crippen molar-refractivity contribution in [3.8, 4) is 0 Å². The molecule has 0 spiro atoms. The molecule has 0 saturated carbocycles. The fraction of sp³-hybridized carbons (Fsp3) is 0.0833. The molecule has 1 aromatic carbocycles. The SMILES string of the molecule is O=S(=O)(NCc1cc(Br)ccc1F)c1cncc(F)c1. The van der Waals surface area contributed by atoms with Gasteiger partial charge in [0.05, 0.1) is 6.20 Å². The van der Waals surface area contributed by atoms with Crippen molar-refractivity contribution in [1.82, 2.24) is 9.71 Å². The Hall–Kier alpha value is -1.38. The molecule has 0 bridgehead atoms. The van der Waals surface area contributed by atoms with Crippen LogP contribution in [0.4, 0.5) is 8.78 Å². The summed E-state index contributed by atoms with van der Waals surface area (Å²) in [4.78, 5) is 3.15. The molecule has 0 aliphatic rings. The summed E-state index contributed by atoms with van der Waals surface area (Å²) in [5.74, 6) is -1.30. The molecule has 1 N–H and O–H groups in total. The number of halogens is 3. The lowest BCUT2D eigenvalue weighted by Crippen LogP contribution is -2.24. The molecule has 0 amide bonds. The van der Waals surface area contributed by atoms with Gasteiger partial charge in [-0.25, -0.2) is 21.9 Å². The summed E-state index contributed by atoms with van der Waals surface area (Å²) in [5.41, 5.74) is 0.173. The van der Waals surface area contributed by atoms with E-state index < -0.39 is 21.7 Å². The lowest BCUT2D eigenvalue weighted by Gasteiger charge is -2.08. The molecule has 2 rings (SSSR count). The third-order valence-corrected chi connectivity index (χ3v) is 4.31. The Morgan fingerprint density at radius 3 is 2.65 bits per heavy atom. The van der Waals surface area contributed by atoms with Crippen LogP contribution in [0.1, 0.15) is 5.56 Å². The van der Waals surface area contributed by atoms with Gasteiger partial charge in [0.1, 0.15) is 16.5 Å². The van der Waals surface area contributed by atoms with E-state index in [2.05, 4.69) is 25.6 Å². The van der Waals surface area contributed by atoms with Gasteiger partial charge in [0.25, 0.3) is 0 Å². The molecule has 8 heteroatoms.